The van der Waals surface area contributed by atoms with E-state index in [2.05, 4.69) is 34.2 Å². The smallest absolute Gasteiger partial charge is 0.192 e. The molecular weight excluding hydrogens is 250 g/mol. The predicted molar refractivity (Wildman–Crippen MR) is 78.6 cm³/mol. The zero-order valence-corrected chi connectivity index (χ0v) is 11.7. The Morgan fingerprint density at radius 1 is 1.40 bits per heavy atom. The summed E-state index contributed by atoms with van der Waals surface area (Å²) in [4.78, 5) is 6.87. The Balaban J connectivity index is 1.67. The standard InChI is InChI=1S/C16H21N3O/c17-15-18-11-16(19(15)10-13-5-3-9-20-13)8-7-12-4-1-2-6-14(12)16/h1-2,4,6,13H,3,5,7-11H2,(H2,17,18). The zero-order valence-electron chi connectivity index (χ0n) is 11.7. The number of fused-ring (bicyclic) bond motifs is 2. The Hall–Kier alpha value is -1.55. The Morgan fingerprint density at radius 3 is 3.15 bits per heavy atom. The molecule has 4 nitrogen and oxygen atoms in total. The van der Waals surface area contributed by atoms with Crippen LogP contribution in [-0.4, -0.2) is 36.7 Å². The quantitative estimate of drug-likeness (QED) is 0.889. The lowest BCUT2D eigenvalue weighted by atomic mass is 9.90. The van der Waals surface area contributed by atoms with Crippen LogP contribution in [0.1, 0.15) is 30.4 Å². The second kappa shape index (κ2) is 4.48. The summed E-state index contributed by atoms with van der Waals surface area (Å²) in [7, 11) is 0. The Bertz CT molecular complexity index is 550. The van der Waals surface area contributed by atoms with E-state index >= 15 is 0 Å². The summed E-state index contributed by atoms with van der Waals surface area (Å²) in [6.45, 7) is 2.56. The third kappa shape index (κ3) is 1.67. The maximum atomic E-state index is 6.19. The summed E-state index contributed by atoms with van der Waals surface area (Å²) < 4.78 is 5.80. The molecule has 2 aliphatic heterocycles. The molecule has 4 rings (SSSR count). The molecule has 0 saturated carbocycles. The highest BCUT2D eigenvalue weighted by Crippen LogP contribution is 2.44. The molecule has 0 bridgehead atoms. The van der Waals surface area contributed by atoms with Crippen molar-refractivity contribution in [3.8, 4) is 0 Å². The third-order valence-corrected chi connectivity index (χ3v) is 5.03. The number of aryl methyl sites for hydroxylation is 1. The van der Waals surface area contributed by atoms with Crippen molar-refractivity contribution in [3.05, 3.63) is 35.4 Å². The van der Waals surface area contributed by atoms with Crippen LogP contribution in [-0.2, 0) is 16.7 Å². The average Bonchev–Trinajstić information content (AvgIpc) is 3.17. The SMILES string of the molecule is NC1=NCC2(CCc3ccccc32)N1CC1CCCO1. The lowest BCUT2D eigenvalue weighted by Crippen LogP contribution is -2.51. The largest absolute Gasteiger partial charge is 0.376 e. The van der Waals surface area contributed by atoms with Crippen LogP contribution >= 0.6 is 0 Å². The Morgan fingerprint density at radius 2 is 2.30 bits per heavy atom. The van der Waals surface area contributed by atoms with Gasteiger partial charge in [0, 0.05) is 13.2 Å². The molecule has 2 unspecified atom stereocenters. The van der Waals surface area contributed by atoms with E-state index in [9.17, 15) is 0 Å². The van der Waals surface area contributed by atoms with Crippen molar-refractivity contribution < 1.29 is 4.74 Å². The molecule has 1 aromatic rings. The summed E-state index contributed by atoms with van der Waals surface area (Å²) in [5.41, 5.74) is 9.05. The van der Waals surface area contributed by atoms with Crippen molar-refractivity contribution in [1.82, 2.24) is 4.90 Å². The van der Waals surface area contributed by atoms with Crippen molar-refractivity contribution in [2.75, 3.05) is 19.7 Å². The minimum absolute atomic E-state index is 0.00731. The first-order valence-electron chi connectivity index (χ1n) is 7.57. The highest BCUT2D eigenvalue weighted by atomic mass is 16.5. The van der Waals surface area contributed by atoms with Gasteiger partial charge in [-0.2, -0.15) is 0 Å². The van der Waals surface area contributed by atoms with E-state index < -0.39 is 0 Å². The van der Waals surface area contributed by atoms with Crippen LogP contribution in [0.25, 0.3) is 0 Å². The maximum Gasteiger partial charge on any atom is 0.192 e. The van der Waals surface area contributed by atoms with E-state index in [0.29, 0.717) is 12.1 Å². The first-order chi connectivity index (χ1) is 9.79. The Kier molecular flexibility index (Phi) is 2.74. The van der Waals surface area contributed by atoms with E-state index in [0.717, 1.165) is 39.0 Å². The lowest BCUT2D eigenvalue weighted by Gasteiger charge is -2.38. The first-order valence-corrected chi connectivity index (χ1v) is 7.57. The summed E-state index contributed by atoms with van der Waals surface area (Å²) in [6, 6.07) is 8.74. The number of hydrogen-bond donors (Lipinski definition) is 1. The van der Waals surface area contributed by atoms with E-state index in [4.69, 9.17) is 10.5 Å². The minimum atomic E-state index is -0.00731. The van der Waals surface area contributed by atoms with Crippen LogP contribution in [0.4, 0.5) is 0 Å². The van der Waals surface area contributed by atoms with Gasteiger partial charge >= 0.3 is 0 Å². The second-order valence-corrected chi connectivity index (χ2v) is 6.11. The summed E-state index contributed by atoms with van der Waals surface area (Å²) in [5, 5.41) is 0. The first kappa shape index (κ1) is 12.2. The number of benzene rings is 1. The molecule has 1 fully saturated rings. The summed E-state index contributed by atoms with van der Waals surface area (Å²) in [5.74, 6) is 0.692. The van der Waals surface area contributed by atoms with Gasteiger partial charge in [-0.05, 0) is 36.8 Å². The van der Waals surface area contributed by atoms with Gasteiger partial charge in [0.15, 0.2) is 5.96 Å². The number of rotatable bonds is 2. The molecular formula is C16H21N3O. The van der Waals surface area contributed by atoms with Crippen molar-refractivity contribution in [2.24, 2.45) is 10.7 Å². The molecule has 0 radical (unpaired) electrons. The van der Waals surface area contributed by atoms with E-state index in [1.807, 2.05) is 0 Å². The monoisotopic (exact) mass is 271 g/mol. The normalized spacial score (nSPS) is 31.9. The van der Waals surface area contributed by atoms with Crippen LogP contribution in [0.3, 0.4) is 0 Å². The van der Waals surface area contributed by atoms with Crippen molar-refractivity contribution >= 4 is 5.96 Å². The number of guanidine groups is 1. The van der Waals surface area contributed by atoms with Gasteiger partial charge < -0.3 is 15.4 Å². The van der Waals surface area contributed by atoms with Crippen LogP contribution < -0.4 is 5.73 Å². The summed E-state index contributed by atoms with van der Waals surface area (Å²) >= 11 is 0. The van der Waals surface area contributed by atoms with Gasteiger partial charge in [-0.1, -0.05) is 24.3 Å². The fourth-order valence-electron chi connectivity index (χ4n) is 3.98. The second-order valence-electron chi connectivity index (χ2n) is 6.11. The number of ether oxygens (including phenoxy) is 1. The summed E-state index contributed by atoms with van der Waals surface area (Å²) in [6.07, 6.45) is 4.86. The van der Waals surface area contributed by atoms with Gasteiger partial charge in [0.2, 0.25) is 0 Å². The van der Waals surface area contributed by atoms with Crippen LogP contribution in [0.5, 0.6) is 0 Å². The molecule has 4 heteroatoms. The van der Waals surface area contributed by atoms with E-state index in [1.54, 1.807) is 0 Å². The van der Waals surface area contributed by atoms with Crippen LogP contribution in [0, 0.1) is 0 Å². The molecule has 2 atom stereocenters. The number of nitrogens with zero attached hydrogens (tertiary/aromatic N) is 2. The Labute approximate surface area is 119 Å². The molecule has 0 amide bonds. The molecule has 106 valence electrons. The van der Waals surface area contributed by atoms with Crippen LogP contribution in [0.15, 0.2) is 29.3 Å². The maximum absolute atomic E-state index is 6.19. The van der Waals surface area contributed by atoms with Crippen molar-refractivity contribution in [1.29, 1.82) is 0 Å². The van der Waals surface area contributed by atoms with Gasteiger partial charge in [0.1, 0.15) is 0 Å². The fraction of sp³-hybridized carbons (Fsp3) is 0.562. The topological polar surface area (TPSA) is 50.8 Å². The molecule has 2 heterocycles. The average molecular weight is 271 g/mol. The van der Waals surface area contributed by atoms with Crippen molar-refractivity contribution in [2.45, 2.75) is 37.3 Å². The van der Waals surface area contributed by atoms with E-state index in [1.165, 1.54) is 17.5 Å². The van der Waals surface area contributed by atoms with Gasteiger partial charge in [-0.3, -0.25) is 4.99 Å². The zero-order chi connectivity index (χ0) is 13.6. The molecule has 20 heavy (non-hydrogen) atoms. The number of aliphatic imine (C=N–C) groups is 1. The van der Waals surface area contributed by atoms with Gasteiger partial charge in [-0.15, -0.1) is 0 Å². The van der Waals surface area contributed by atoms with E-state index in [-0.39, 0.29) is 5.54 Å². The predicted octanol–water partition coefficient (Wildman–Crippen LogP) is 1.64. The minimum Gasteiger partial charge on any atom is -0.376 e. The molecule has 0 aromatic heterocycles. The highest BCUT2D eigenvalue weighted by Gasteiger charge is 2.48. The third-order valence-electron chi connectivity index (χ3n) is 5.03. The molecule has 1 spiro atoms. The van der Waals surface area contributed by atoms with Gasteiger partial charge in [0.25, 0.3) is 0 Å². The fourth-order valence-corrected chi connectivity index (χ4v) is 3.98. The van der Waals surface area contributed by atoms with Crippen molar-refractivity contribution in [3.63, 3.8) is 0 Å². The van der Waals surface area contributed by atoms with Gasteiger partial charge in [0.05, 0.1) is 18.2 Å². The lowest BCUT2D eigenvalue weighted by molar-refractivity contribution is 0.0648. The molecule has 1 aliphatic carbocycles. The van der Waals surface area contributed by atoms with Crippen LogP contribution in [0.2, 0.25) is 0 Å². The molecule has 3 aliphatic rings. The molecule has 2 N–H and O–H groups in total. The van der Waals surface area contributed by atoms with Gasteiger partial charge in [-0.25, -0.2) is 0 Å². The number of nitrogens with two attached hydrogens (primary N) is 1. The molecule has 1 aromatic carbocycles. The molecule has 1 saturated heterocycles. The highest BCUT2D eigenvalue weighted by molar-refractivity contribution is 5.81. The number of hydrogen-bond acceptors (Lipinski definition) is 4.